The predicted octanol–water partition coefficient (Wildman–Crippen LogP) is 3.62. The van der Waals surface area contributed by atoms with E-state index in [4.69, 9.17) is 16.3 Å². The van der Waals surface area contributed by atoms with Crippen LogP contribution < -0.4 is 10.1 Å². The molecule has 0 aliphatic rings. The van der Waals surface area contributed by atoms with Crippen LogP contribution in [0.3, 0.4) is 0 Å². The van der Waals surface area contributed by atoms with Crippen molar-refractivity contribution in [1.29, 1.82) is 0 Å². The van der Waals surface area contributed by atoms with Gasteiger partial charge in [0.2, 0.25) is 0 Å². The van der Waals surface area contributed by atoms with E-state index in [1.165, 1.54) is 0 Å². The largest absolute Gasteiger partial charge is 0.483 e. The Morgan fingerprint density at radius 3 is 2.67 bits per heavy atom. The van der Waals surface area contributed by atoms with Gasteiger partial charge in [0.15, 0.2) is 6.61 Å². The second kappa shape index (κ2) is 6.43. The maximum Gasteiger partial charge on any atom is 0.258 e. The Bertz CT molecular complexity index is 461. The van der Waals surface area contributed by atoms with Crippen molar-refractivity contribution in [2.75, 3.05) is 6.61 Å². The Kier molecular flexibility index (Phi) is 5.47. The highest BCUT2D eigenvalue weighted by Crippen LogP contribution is 2.35. The highest BCUT2D eigenvalue weighted by atomic mass is 79.9. The molecule has 0 radical (unpaired) electrons. The first kappa shape index (κ1) is 15.3. The van der Waals surface area contributed by atoms with Crippen LogP contribution in [0.1, 0.15) is 25.0 Å². The molecule has 1 rings (SSSR count). The number of carbonyl (C=O) groups is 1. The summed E-state index contributed by atoms with van der Waals surface area (Å²) in [6.45, 7) is 7.62. The third-order valence-electron chi connectivity index (χ3n) is 2.38. The van der Waals surface area contributed by atoms with Gasteiger partial charge in [-0.1, -0.05) is 11.6 Å². The molecule has 0 fully saturated rings. The fourth-order valence-electron chi connectivity index (χ4n) is 1.51. The van der Waals surface area contributed by atoms with E-state index < -0.39 is 0 Å². The molecule has 1 aromatic carbocycles. The third kappa shape index (κ3) is 3.89. The average molecular weight is 335 g/mol. The summed E-state index contributed by atoms with van der Waals surface area (Å²) in [5.74, 6) is 0.496. The Morgan fingerprint density at radius 2 is 2.11 bits per heavy atom. The molecule has 0 saturated heterocycles. The summed E-state index contributed by atoms with van der Waals surface area (Å²) in [6, 6.07) is 1.93. The molecule has 1 aromatic rings. The number of amides is 1. The van der Waals surface area contributed by atoms with Crippen molar-refractivity contribution in [3.05, 3.63) is 26.7 Å². The minimum absolute atomic E-state index is 0.00269. The maximum absolute atomic E-state index is 11.5. The van der Waals surface area contributed by atoms with Crippen molar-refractivity contribution in [1.82, 2.24) is 5.32 Å². The van der Waals surface area contributed by atoms with Crippen LogP contribution in [0.25, 0.3) is 0 Å². The molecule has 18 heavy (non-hydrogen) atoms. The second-order valence-corrected chi connectivity index (χ2v) is 5.63. The van der Waals surface area contributed by atoms with E-state index in [0.717, 1.165) is 15.6 Å². The summed E-state index contributed by atoms with van der Waals surface area (Å²) < 4.78 is 6.29. The predicted molar refractivity (Wildman–Crippen MR) is 77.4 cm³/mol. The summed E-state index contributed by atoms with van der Waals surface area (Å²) in [7, 11) is 0. The lowest BCUT2D eigenvalue weighted by molar-refractivity contribution is -0.123. The van der Waals surface area contributed by atoms with Gasteiger partial charge in [0.25, 0.3) is 5.91 Å². The summed E-state index contributed by atoms with van der Waals surface area (Å²) in [6.07, 6.45) is 0. The highest BCUT2D eigenvalue weighted by molar-refractivity contribution is 9.10. The topological polar surface area (TPSA) is 38.3 Å². The van der Waals surface area contributed by atoms with Gasteiger partial charge in [-0.05, 0) is 60.8 Å². The molecule has 0 aromatic heterocycles. The van der Waals surface area contributed by atoms with E-state index in [-0.39, 0.29) is 18.6 Å². The molecule has 0 aliphatic heterocycles. The number of hydrogen-bond acceptors (Lipinski definition) is 2. The van der Waals surface area contributed by atoms with E-state index in [0.29, 0.717) is 10.8 Å². The average Bonchev–Trinajstić information content (AvgIpc) is 2.28. The number of carbonyl (C=O) groups excluding carboxylic acids is 1. The van der Waals surface area contributed by atoms with Gasteiger partial charge in [-0.15, -0.1) is 0 Å². The quantitative estimate of drug-likeness (QED) is 0.913. The van der Waals surface area contributed by atoms with Crippen LogP contribution in [0.5, 0.6) is 5.75 Å². The zero-order valence-corrected chi connectivity index (χ0v) is 13.3. The minimum Gasteiger partial charge on any atom is -0.483 e. The minimum atomic E-state index is -0.137. The number of nitrogens with one attached hydrogen (secondary N) is 1. The Balaban J connectivity index is 2.77. The number of rotatable bonds is 4. The molecular formula is C13H17BrClNO2. The molecule has 5 heteroatoms. The summed E-state index contributed by atoms with van der Waals surface area (Å²) in [4.78, 5) is 11.5. The van der Waals surface area contributed by atoms with Crippen molar-refractivity contribution < 1.29 is 9.53 Å². The smallest absolute Gasteiger partial charge is 0.258 e. The molecular weight excluding hydrogens is 318 g/mol. The van der Waals surface area contributed by atoms with Gasteiger partial charge in [-0.3, -0.25) is 4.79 Å². The zero-order valence-electron chi connectivity index (χ0n) is 10.9. The van der Waals surface area contributed by atoms with E-state index in [1.54, 1.807) is 0 Å². The van der Waals surface area contributed by atoms with Crippen LogP contribution in [0, 0.1) is 13.8 Å². The van der Waals surface area contributed by atoms with Gasteiger partial charge < -0.3 is 10.1 Å². The van der Waals surface area contributed by atoms with Crippen molar-refractivity contribution in [2.24, 2.45) is 0 Å². The van der Waals surface area contributed by atoms with E-state index in [9.17, 15) is 4.79 Å². The van der Waals surface area contributed by atoms with E-state index in [2.05, 4.69) is 21.2 Å². The standard InChI is InChI=1S/C13H17BrClNO2/c1-7(2)16-11(17)6-18-10-5-8(3)13(15)9(4)12(10)14/h5,7H,6H2,1-4H3,(H,16,17). The summed E-state index contributed by atoms with van der Waals surface area (Å²) in [5.41, 5.74) is 1.84. The maximum atomic E-state index is 11.5. The molecule has 1 amide bonds. The molecule has 1 N–H and O–H groups in total. The first-order chi connectivity index (χ1) is 8.32. The summed E-state index contributed by atoms with van der Waals surface area (Å²) in [5, 5.41) is 3.48. The molecule has 0 bridgehead atoms. The van der Waals surface area contributed by atoms with Gasteiger partial charge in [-0.2, -0.15) is 0 Å². The van der Waals surface area contributed by atoms with Crippen LogP contribution in [0.15, 0.2) is 10.5 Å². The number of hydrogen-bond donors (Lipinski definition) is 1. The first-order valence-electron chi connectivity index (χ1n) is 5.70. The van der Waals surface area contributed by atoms with Gasteiger partial charge in [0.05, 0.1) is 4.47 Å². The SMILES string of the molecule is Cc1cc(OCC(=O)NC(C)C)c(Br)c(C)c1Cl. The number of aryl methyl sites for hydroxylation is 1. The van der Waals surface area contributed by atoms with Crippen molar-refractivity contribution in [2.45, 2.75) is 33.7 Å². The third-order valence-corrected chi connectivity index (χ3v) is 3.94. The lowest BCUT2D eigenvalue weighted by Gasteiger charge is -2.14. The summed E-state index contributed by atoms with van der Waals surface area (Å²) >= 11 is 9.55. The molecule has 0 saturated carbocycles. The molecule has 0 aliphatic carbocycles. The van der Waals surface area contributed by atoms with Crippen molar-refractivity contribution in [3.63, 3.8) is 0 Å². The molecule has 0 heterocycles. The lowest BCUT2D eigenvalue weighted by Crippen LogP contribution is -2.34. The van der Waals surface area contributed by atoms with Crippen molar-refractivity contribution >= 4 is 33.4 Å². The van der Waals surface area contributed by atoms with Crippen LogP contribution in [-0.2, 0) is 4.79 Å². The van der Waals surface area contributed by atoms with Crippen LogP contribution in [0.2, 0.25) is 5.02 Å². The van der Waals surface area contributed by atoms with Gasteiger partial charge in [0.1, 0.15) is 5.75 Å². The number of halogens is 2. The number of benzene rings is 1. The molecule has 0 spiro atoms. The van der Waals surface area contributed by atoms with Crippen molar-refractivity contribution in [3.8, 4) is 5.75 Å². The Labute approximate surface area is 121 Å². The molecule has 0 atom stereocenters. The zero-order chi connectivity index (χ0) is 13.9. The molecule has 0 unspecified atom stereocenters. The number of ether oxygens (including phenoxy) is 1. The van der Waals surface area contributed by atoms with Crippen LogP contribution in [-0.4, -0.2) is 18.6 Å². The van der Waals surface area contributed by atoms with Gasteiger partial charge in [0, 0.05) is 11.1 Å². The Hall–Kier alpha value is -0.740. The fraction of sp³-hybridized carbons (Fsp3) is 0.462. The van der Waals surface area contributed by atoms with Crippen LogP contribution in [0.4, 0.5) is 0 Å². The second-order valence-electron chi connectivity index (χ2n) is 4.46. The fourth-order valence-corrected chi connectivity index (χ4v) is 2.20. The normalized spacial score (nSPS) is 10.6. The van der Waals surface area contributed by atoms with Gasteiger partial charge in [-0.25, -0.2) is 0 Å². The van der Waals surface area contributed by atoms with Crippen LogP contribution >= 0.6 is 27.5 Å². The Morgan fingerprint density at radius 1 is 1.50 bits per heavy atom. The monoisotopic (exact) mass is 333 g/mol. The molecule has 3 nitrogen and oxygen atoms in total. The first-order valence-corrected chi connectivity index (χ1v) is 6.87. The van der Waals surface area contributed by atoms with Gasteiger partial charge >= 0.3 is 0 Å². The molecule has 100 valence electrons. The van der Waals surface area contributed by atoms with E-state index in [1.807, 2.05) is 33.8 Å². The highest BCUT2D eigenvalue weighted by Gasteiger charge is 2.12. The van der Waals surface area contributed by atoms with E-state index >= 15 is 0 Å². The lowest BCUT2D eigenvalue weighted by atomic mass is 10.1.